The number of carbonyl (C=O) groups is 3. The molecule has 150 valence electrons. The first-order valence-corrected chi connectivity index (χ1v) is 9.18. The monoisotopic (exact) mass is 372 g/mol. The van der Waals surface area contributed by atoms with E-state index in [9.17, 15) is 14.4 Å². The molecular formula is C17H32N4O5. The molecule has 2 amide bonds. The lowest BCUT2D eigenvalue weighted by atomic mass is 10.1. The van der Waals surface area contributed by atoms with Crippen molar-refractivity contribution < 1.29 is 24.2 Å². The Hall–Kier alpha value is -1.87. The average molecular weight is 372 g/mol. The van der Waals surface area contributed by atoms with Crippen molar-refractivity contribution in [2.45, 2.75) is 39.2 Å². The topological polar surface area (TPSA) is 125 Å². The van der Waals surface area contributed by atoms with Crippen LogP contribution in [0.4, 0.5) is 4.79 Å². The quantitative estimate of drug-likeness (QED) is 0.367. The number of hydrogen-bond donors (Lipinski definition) is 3. The Balaban J connectivity index is 2.13. The van der Waals surface area contributed by atoms with Crippen molar-refractivity contribution in [3.8, 4) is 0 Å². The highest BCUT2D eigenvalue weighted by Crippen LogP contribution is 2.04. The van der Waals surface area contributed by atoms with Crippen molar-refractivity contribution in [3.63, 3.8) is 0 Å². The van der Waals surface area contributed by atoms with E-state index in [0.717, 1.165) is 0 Å². The fourth-order valence-electron chi connectivity index (χ4n) is 2.52. The zero-order valence-electron chi connectivity index (χ0n) is 15.8. The fourth-order valence-corrected chi connectivity index (χ4v) is 2.52. The summed E-state index contributed by atoms with van der Waals surface area (Å²) in [4.78, 5) is 38.1. The third-order valence-corrected chi connectivity index (χ3v) is 4.13. The largest absolute Gasteiger partial charge is 0.480 e. The van der Waals surface area contributed by atoms with Crippen LogP contribution in [0.15, 0.2) is 0 Å². The van der Waals surface area contributed by atoms with Gasteiger partial charge in [-0.15, -0.1) is 0 Å². The van der Waals surface area contributed by atoms with Gasteiger partial charge in [-0.3, -0.25) is 14.5 Å². The predicted octanol–water partition coefficient (Wildman–Crippen LogP) is 0.0950. The van der Waals surface area contributed by atoms with E-state index in [1.807, 2.05) is 18.7 Å². The number of urea groups is 1. The molecule has 1 saturated heterocycles. The fraction of sp³-hybridized carbons (Fsp3) is 0.824. The molecule has 0 radical (unpaired) electrons. The van der Waals surface area contributed by atoms with Crippen LogP contribution in [0.1, 0.15) is 33.1 Å². The lowest BCUT2D eigenvalue weighted by Gasteiger charge is -2.34. The van der Waals surface area contributed by atoms with Gasteiger partial charge in [0, 0.05) is 32.7 Å². The first-order valence-electron chi connectivity index (χ1n) is 9.18. The molecule has 1 atom stereocenters. The second kappa shape index (κ2) is 11.7. The highest BCUT2D eigenvalue weighted by Gasteiger charge is 2.22. The molecule has 0 aromatic carbocycles. The molecule has 0 saturated carbocycles. The van der Waals surface area contributed by atoms with Gasteiger partial charge in [-0.2, -0.15) is 0 Å². The molecular weight excluding hydrogens is 340 g/mol. The van der Waals surface area contributed by atoms with E-state index in [2.05, 4.69) is 5.32 Å². The van der Waals surface area contributed by atoms with Gasteiger partial charge in [-0.25, -0.2) is 4.79 Å². The summed E-state index contributed by atoms with van der Waals surface area (Å²) in [7, 11) is 0. The molecule has 26 heavy (non-hydrogen) atoms. The van der Waals surface area contributed by atoms with Crippen molar-refractivity contribution in [2.75, 3.05) is 45.9 Å². The smallest absolute Gasteiger partial charge is 0.320 e. The van der Waals surface area contributed by atoms with Gasteiger partial charge in [0.25, 0.3) is 0 Å². The molecule has 0 spiro atoms. The van der Waals surface area contributed by atoms with Gasteiger partial charge in [0.2, 0.25) is 0 Å². The van der Waals surface area contributed by atoms with Gasteiger partial charge in [0.15, 0.2) is 0 Å². The van der Waals surface area contributed by atoms with E-state index in [1.54, 1.807) is 4.90 Å². The van der Waals surface area contributed by atoms with Crippen LogP contribution < -0.4 is 11.1 Å². The maximum atomic E-state index is 12.1. The number of piperazine rings is 1. The van der Waals surface area contributed by atoms with Crippen LogP contribution in [0.2, 0.25) is 0 Å². The number of carboxylic acid groups (broad SMARTS) is 1. The highest BCUT2D eigenvalue weighted by atomic mass is 16.5. The third kappa shape index (κ3) is 9.00. The normalized spacial score (nSPS) is 16.4. The maximum Gasteiger partial charge on any atom is 0.320 e. The number of carboxylic acids is 1. The SMILES string of the molecule is CC(C)COC(=O)CN1CCN(C(=O)NCCCC[C@H](N)C(=O)O)CC1. The second-order valence-electron chi connectivity index (χ2n) is 7.01. The van der Waals surface area contributed by atoms with E-state index in [4.69, 9.17) is 15.6 Å². The van der Waals surface area contributed by atoms with Crippen LogP contribution in [-0.4, -0.2) is 84.8 Å². The minimum Gasteiger partial charge on any atom is -0.480 e. The summed E-state index contributed by atoms with van der Waals surface area (Å²) in [5.41, 5.74) is 5.42. The van der Waals surface area contributed by atoms with E-state index in [0.29, 0.717) is 64.5 Å². The summed E-state index contributed by atoms with van der Waals surface area (Å²) in [5.74, 6) is -0.907. The number of nitrogens with zero attached hydrogens (tertiary/aromatic N) is 2. The summed E-state index contributed by atoms with van der Waals surface area (Å²) >= 11 is 0. The molecule has 0 aliphatic carbocycles. The van der Waals surface area contributed by atoms with Crippen LogP contribution in [0.3, 0.4) is 0 Å². The van der Waals surface area contributed by atoms with Crippen molar-refractivity contribution in [1.29, 1.82) is 0 Å². The zero-order valence-corrected chi connectivity index (χ0v) is 15.8. The minimum atomic E-state index is -1.00. The van der Waals surface area contributed by atoms with E-state index >= 15 is 0 Å². The molecule has 0 aromatic heterocycles. The molecule has 0 unspecified atom stereocenters. The molecule has 1 aliphatic heterocycles. The van der Waals surface area contributed by atoms with E-state index in [1.165, 1.54) is 0 Å². The molecule has 4 N–H and O–H groups in total. The Bertz CT molecular complexity index is 464. The molecule has 1 aliphatic rings. The molecule has 1 fully saturated rings. The summed E-state index contributed by atoms with van der Waals surface area (Å²) in [5, 5.41) is 11.5. The number of carbonyl (C=O) groups excluding carboxylic acids is 2. The van der Waals surface area contributed by atoms with Crippen LogP contribution in [-0.2, 0) is 14.3 Å². The number of rotatable bonds is 10. The van der Waals surface area contributed by atoms with E-state index < -0.39 is 12.0 Å². The number of nitrogens with two attached hydrogens (primary N) is 1. The number of hydrogen-bond acceptors (Lipinski definition) is 6. The van der Waals surface area contributed by atoms with Crippen LogP contribution in [0, 0.1) is 5.92 Å². The van der Waals surface area contributed by atoms with Gasteiger partial charge in [0.05, 0.1) is 13.2 Å². The number of aliphatic carboxylic acids is 1. The van der Waals surface area contributed by atoms with Crippen molar-refractivity contribution in [3.05, 3.63) is 0 Å². The predicted molar refractivity (Wildman–Crippen MR) is 96.7 cm³/mol. The van der Waals surface area contributed by atoms with Crippen molar-refractivity contribution in [2.24, 2.45) is 11.7 Å². The van der Waals surface area contributed by atoms with E-state index in [-0.39, 0.29) is 18.5 Å². The zero-order chi connectivity index (χ0) is 19.5. The van der Waals surface area contributed by atoms with Crippen LogP contribution in [0.25, 0.3) is 0 Å². The van der Waals surface area contributed by atoms with Gasteiger partial charge >= 0.3 is 18.0 Å². The first kappa shape index (κ1) is 22.2. The standard InChI is InChI=1S/C17H32N4O5/c1-13(2)12-26-15(22)11-20-7-9-21(10-8-20)17(25)19-6-4-3-5-14(18)16(23)24/h13-14H,3-12,18H2,1-2H3,(H,19,25)(H,23,24)/t14-/m0/s1. The maximum absolute atomic E-state index is 12.1. The molecule has 0 bridgehead atoms. The van der Waals surface area contributed by atoms with Crippen molar-refractivity contribution in [1.82, 2.24) is 15.1 Å². The van der Waals surface area contributed by atoms with Crippen LogP contribution in [0.5, 0.6) is 0 Å². The molecule has 1 rings (SSSR count). The van der Waals surface area contributed by atoms with Crippen LogP contribution >= 0.6 is 0 Å². The van der Waals surface area contributed by atoms with Gasteiger partial charge < -0.3 is 25.8 Å². The van der Waals surface area contributed by atoms with Crippen molar-refractivity contribution >= 4 is 18.0 Å². The van der Waals surface area contributed by atoms with Gasteiger partial charge in [-0.1, -0.05) is 13.8 Å². The Labute approximate surface area is 154 Å². The molecule has 9 heteroatoms. The number of esters is 1. The number of unbranched alkanes of at least 4 members (excludes halogenated alkanes) is 1. The van der Waals surface area contributed by atoms with Gasteiger partial charge in [-0.05, 0) is 25.2 Å². The first-order chi connectivity index (χ1) is 12.3. The Morgan fingerprint density at radius 2 is 1.81 bits per heavy atom. The Morgan fingerprint density at radius 1 is 1.15 bits per heavy atom. The Morgan fingerprint density at radius 3 is 2.38 bits per heavy atom. The summed E-state index contributed by atoms with van der Waals surface area (Å²) in [6, 6.07) is -0.972. The number of ether oxygens (including phenoxy) is 1. The highest BCUT2D eigenvalue weighted by molar-refractivity contribution is 5.74. The minimum absolute atomic E-state index is 0.130. The number of nitrogens with one attached hydrogen (secondary N) is 1. The third-order valence-electron chi connectivity index (χ3n) is 4.13. The summed E-state index contributed by atoms with van der Waals surface area (Å²) in [6.45, 7) is 7.56. The molecule has 9 nitrogen and oxygen atoms in total. The number of amides is 2. The lowest BCUT2D eigenvalue weighted by molar-refractivity contribution is -0.146. The Kier molecular flexibility index (Phi) is 9.97. The van der Waals surface area contributed by atoms with Gasteiger partial charge in [0.1, 0.15) is 6.04 Å². The molecule has 0 aromatic rings. The summed E-state index contributed by atoms with van der Waals surface area (Å²) in [6.07, 6.45) is 1.74. The summed E-state index contributed by atoms with van der Waals surface area (Å²) < 4.78 is 5.17. The molecule has 1 heterocycles. The lowest BCUT2D eigenvalue weighted by Crippen LogP contribution is -2.52. The second-order valence-corrected chi connectivity index (χ2v) is 7.01. The average Bonchev–Trinajstić information content (AvgIpc) is 2.59.